The summed E-state index contributed by atoms with van der Waals surface area (Å²) in [5, 5.41) is 12.1. The first-order valence-electron chi connectivity index (χ1n) is 8.13. The van der Waals surface area contributed by atoms with Gasteiger partial charge in [-0.05, 0) is 44.4 Å². The number of hydrogen-bond donors (Lipinski definition) is 1. The lowest BCUT2D eigenvalue weighted by Gasteiger charge is -2.27. The molecule has 0 aliphatic carbocycles. The predicted octanol–water partition coefficient (Wildman–Crippen LogP) is 3.88. The first-order valence-corrected chi connectivity index (χ1v) is 8.13. The van der Waals surface area contributed by atoms with Crippen molar-refractivity contribution in [1.82, 2.24) is 0 Å². The van der Waals surface area contributed by atoms with Crippen LogP contribution in [0, 0.1) is 11.3 Å². The number of benzene rings is 1. The number of anilines is 1. The summed E-state index contributed by atoms with van der Waals surface area (Å²) in [7, 11) is 0. The maximum atomic E-state index is 12.5. The van der Waals surface area contributed by atoms with Crippen LogP contribution in [0.5, 0.6) is 5.75 Å². The molecule has 0 aliphatic heterocycles. The van der Waals surface area contributed by atoms with Crippen molar-refractivity contribution in [3.05, 3.63) is 23.8 Å². The summed E-state index contributed by atoms with van der Waals surface area (Å²) in [4.78, 5) is 12.5. The van der Waals surface area contributed by atoms with Crippen LogP contribution in [-0.4, -0.2) is 24.7 Å². The van der Waals surface area contributed by atoms with Crippen LogP contribution in [0.2, 0.25) is 0 Å². The van der Waals surface area contributed by atoms with Crippen molar-refractivity contribution in [3.63, 3.8) is 0 Å². The highest BCUT2D eigenvalue weighted by atomic mass is 16.5. The van der Waals surface area contributed by atoms with Crippen LogP contribution in [0.4, 0.5) is 5.69 Å². The Morgan fingerprint density at radius 2 is 1.96 bits per heavy atom. The van der Waals surface area contributed by atoms with Crippen molar-refractivity contribution in [3.8, 4) is 11.8 Å². The lowest BCUT2D eigenvalue weighted by molar-refractivity contribution is -0.139. The molecule has 0 fully saturated rings. The molecular weight excluding hydrogens is 292 g/mol. The molecule has 0 heterocycles. The number of carbonyl (C=O) groups excluding carboxylic acids is 1. The zero-order chi connectivity index (χ0) is 17.3. The van der Waals surface area contributed by atoms with E-state index in [1.165, 1.54) is 0 Å². The van der Waals surface area contributed by atoms with E-state index in [-0.39, 0.29) is 5.91 Å². The van der Waals surface area contributed by atoms with Gasteiger partial charge in [0, 0.05) is 12.3 Å². The van der Waals surface area contributed by atoms with Gasteiger partial charge in [0.25, 0.3) is 5.91 Å². The molecule has 0 unspecified atom stereocenters. The van der Waals surface area contributed by atoms with Crippen LogP contribution < -0.4 is 10.1 Å². The van der Waals surface area contributed by atoms with Gasteiger partial charge in [-0.15, -0.1) is 0 Å². The van der Waals surface area contributed by atoms with E-state index in [4.69, 9.17) is 9.47 Å². The maximum Gasteiger partial charge on any atom is 0.256 e. The quantitative estimate of drug-likeness (QED) is 0.750. The third-order valence-electron chi connectivity index (χ3n) is 3.60. The smallest absolute Gasteiger partial charge is 0.256 e. The van der Waals surface area contributed by atoms with Gasteiger partial charge in [0.05, 0.1) is 12.2 Å². The van der Waals surface area contributed by atoms with E-state index in [1.54, 1.807) is 25.1 Å². The second kappa shape index (κ2) is 9.16. The van der Waals surface area contributed by atoms with Crippen molar-refractivity contribution >= 4 is 11.6 Å². The summed E-state index contributed by atoms with van der Waals surface area (Å²) in [6.07, 6.45) is 2.29. The molecule has 23 heavy (non-hydrogen) atoms. The molecule has 0 radical (unpaired) electrons. The molecule has 0 aromatic heterocycles. The number of carbonyl (C=O) groups is 1. The van der Waals surface area contributed by atoms with E-state index in [1.807, 2.05) is 20.8 Å². The largest absolute Gasteiger partial charge is 0.492 e. The number of nitriles is 1. The fourth-order valence-electron chi connectivity index (χ4n) is 1.95. The van der Waals surface area contributed by atoms with E-state index < -0.39 is 5.60 Å². The topological polar surface area (TPSA) is 71.3 Å². The molecular formula is C18H26N2O3. The molecule has 1 atom stereocenters. The molecule has 1 aromatic carbocycles. The highest BCUT2D eigenvalue weighted by molar-refractivity contribution is 5.97. The molecule has 1 amide bonds. The standard InChI is InChI=1S/C18H26N2O3/c1-5-10-22-16-9-8-15(12-14(16)13-19)20-17(21)18(4,7-3)23-11-6-2/h8-9,12H,5-7,10-11H2,1-4H3,(H,20,21)/t18-/m0/s1. The number of ether oxygens (including phenoxy) is 2. The molecule has 1 N–H and O–H groups in total. The molecule has 0 saturated carbocycles. The third kappa shape index (κ3) is 5.26. The summed E-state index contributed by atoms with van der Waals surface area (Å²) in [6, 6.07) is 7.17. The minimum absolute atomic E-state index is 0.209. The second-order valence-corrected chi connectivity index (χ2v) is 5.56. The number of amides is 1. The lowest BCUT2D eigenvalue weighted by Crippen LogP contribution is -2.42. The molecule has 0 bridgehead atoms. The van der Waals surface area contributed by atoms with E-state index in [2.05, 4.69) is 11.4 Å². The van der Waals surface area contributed by atoms with Crippen molar-refractivity contribution in [2.24, 2.45) is 0 Å². The van der Waals surface area contributed by atoms with Crippen LogP contribution >= 0.6 is 0 Å². The molecule has 5 heteroatoms. The van der Waals surface area contributed by atoms with Gasteiger partial charge in [-0.25, -0.2) is 0 Å². The Morgan fingerprint density at radius 1 is 1.26 bits per heavy atom. The molecule has 126 valence electrons. The van der Waals surface area contributed by atoms with Crippen molar-refractivity contribution in [1.29, 1.82) is 5.26 Å². The zero-order valence-corrected chi connectivity index (χ0v) is 14.4. The molecule has 0 saturated heterocycles. The summed E-state index contributed by atoms with van der Waals surface area (Å²) in [6.45, 7) is 8.79. The van der Waals surface area contributed by atoms with Crippen LogP contribution in [0.3, 0.4) is 0 Å². The Bertz CT molecular complexity index is 566. The highest BCUT2D eigenvalue weighted by Crippen LogP contribution is 2.24. The van der Waals surface area contributed by atoms with Crippen LogP contribution in [-0.2, 0) is 9.53 Å². The normalized spacial score (nSPS) is 13.0. The van der Waals surface area contributed by atoms with Gasteiger partial charge < -0.3 is 14.8 Å². The first kappa shape index (κ1) is 19.0. The maximum absolute atomic E-state index is 12.5. The summed E-state index contributed by atoms with van der Waals surface area (Å²) in [5.74, 6) is 0.326. The van der Waals surface area contributed by atoms with Gasteiger partial charge in [0.15, 0.2) is 0 Å². The van der Waals surface area contributed by atoms with Crippen molar-refractivity contribution in [2.75, 3.05) is 18.5 Å². The minimum atomic E-state index is -0.875. The summed E-state index contributed by atoms with van der Waals surface area (Å²) in [5.41, 5.74) is 0.0966. The Labute approximate surface area is 138 Å². The van der Waals surface area contributed by atoms with E-state index in [9.17, 15) is 10.1 Å². The number of nitrogens with zero attached hydrogens (tertiary/aromatic N) is 1. The molecule has 5 nitrogen and oxygen atoms in total. The Balaban J connectivity index is 2.87. The second-order valence-electron chi connectivity index (χ2n) is 5.56. The third-order valence-corrected chi connectivity index (χ3v) is 3.60. The SMILES string of the molecule is CCCOc1ccc(NC(=O)[C@](C)(CC)OCCC)cc1C#N. The number of hydrogen-bond acceptors (Lipinski definition) is 4. The fraction of sp³-hybridized carbons (Fsp3) is 0.556. The van der Waals surface area contributed by atoms with Gasteiger partial charge in [0.1, 0.15) is 17.4 Å². The Morgan fingerprint density at radius 3 is 2.52 bits per heavy atom. The molecule has 0 spiro atoms. The Kier molecular flexibility index (Phi) is 7.56. The minimum Gasteiger partial charge on any atom is -0.492 e. The summed E-state index contributed by atoms with van der Waals surface area (Å²) >= 11 is 0. The highest BCUT2D eigenvalue weighted by Gasteiger charge is 2.32. The predicted molar refractivity (Wildman–Crippen MR) is 90.5 cm³/mol. The van der Waals surface area contributed by atoms with E-state index >= 15 is 0 Å². The average molecular weight is 318 g/mol. The van der Waals surface area contributed by atoms with E-state index in [0.717, 1.165) is 12.8 Å². The first-order chi connectivity index (χ1) is 11.0. The fourth-order valence-corrected chi connectivity index (χ4v) is 1.95. The van der Waals surface area contributed by atoms with Gasteiger partial charge >= 0.3 is 0 Å². The van der Waals surface area contributed by atoms with Gasteiger partial charge in [-0.1, -0.05) is 20.8 Å². The van der Waals surface area contributed by atoms with Crippen LogP contribution in [0.25, 0.3) is 0 Å². The van der Waals surface area contributed by atoms with Crippen LogP contribution in [0.1, 0.15) is 52.5 Å². The zero-order valence-electron chi connectivity index (χ0n) is 14.4. The summed E-state index contributed by atoms with van der Waals surface area (Å²) < 4.78 is 11.2. The van der Waals surface area contributed by atoms with Crippen molar-refractivity contribution in [2.45, 2.75) is 52.6 Å². The van der Waals surface area contributed by atoms with E-state index in [0.29, 0.717) is 36.6 Å². The van der Waals surface area contributed by atoms with Gasteiger partial charge in [-0.3, -0.25) is 4.79 Å². The number of nitrogens with one attached hydrogen (secondary N) is 1. The molecule has 1 aromatic rings. The van der Waals surface area contributed by atoms with Crippen LogP contribution in [0.15, 0.2) is 18.2 Å². The Hall–Kier alpha value is -2.06. The average Bonchev–Trinajstić information content (AvgIpc) is 2.58. The monoisotopic (exact) mass is 318 g/mol. The molecule has 1 rings (SSSR count). The number of rotatable bonds is 9. The van der Waals surface area contributed by atoms with Gasteiger partial charge in [-0.2, -0.15) is 5.26 Å². The van der Waals surface area contributed by atoms with Crippen molar-refractivity contribution < 1.29 is 14.3 Å². The van der Waals surface area contributed by atoms with Gasteiger partial charge in [0.2, 0.25) is 0 Å². The molecule has 0 aliphatic rings. The lowest BCUT2D eigenvalue weighted by atomic mass is 10.0.